The molecule has 0 N–H and O–H groups in total. The molecule has 0 bridgehead atoms. The molecule has 0 radical (unpaired) electrons. The van der Waals surface area contributed by atoms with Gasteiger partial charge >= 0.3 is 0 Å². The molecule has 7 heteroatoms. The number of carboxylic acids is 1. The number of hydrogen-bond acceptors (Lipinski definition) is 4. The minimum absolute atomic E-state index is 0.190. The first kappa shape index (κ1) is 17.2. The zero-order valence-corrected chi connectivity index (χ0v) is 14.2. The van der Waals surface area contributed by atoms with Gasteiger partial charge in [0.25, 0.3) is 11.8 Å². The third kappa shape index (κ3) is 3.29. The van der Waals surface area contributed by atoms with E-state index in [0.29, 0.717) is 26.1 Å². The highest BCUT2D eigenvalue weighted by Gasteiger charge is 2.34. The fraction of sp³-hybridized carbons (Fsp3) is 0.0556. The number of imide groups is 1. The summed E-state index contributed by atoms with van der Waals surface area (Å²) in [4.78, 5) is 36.6. The van der Waals surface area contributed by atoms with Crippen LogP contribution in [0, 0.1) is 0 Å². The standard InChI is InChI=1S/C18H11Cl2NO4/c19-14-6-5-10(8-15(14)20)7-13-11-3-1-2-4-12(11)17(24)21(18(13)25)9-16(22)23/h1-8H,9H2,(H,22,23)/p-1/b13-7-. The highest BCUT2D eigenvalue weighted by atomic mass is 35.5. The Balaban J connectivity index is 2.16. The van der Waals surface area contributed by atoms with E-state index in [1.807, 2.05) is 0 Å². The van der Waals surface area contributed by atoms with Crippen molar-refractivity contribution in [1.82, 2.24) is 4.90 Å². The van der Waals surface area contributed by atoms with E-state index in [-0.39, 0.29) is 11.1 Å². The van der Waals surface area contributed by atoms with Gasteiger partial charge in [-0.25, -0.2) is 0 Å². The van der Waals surface area contributed by atoms with E-state index in [4.69, 9.17) is 23.2 Å². The van der Waals surface area contributed by atoms with Crippen LogP contribution in [0.4, 0.5) is 0 Å². The van der Waals surface area contributed by atoms with Crippen molar-refractivity contribution in [2.24, 2.45) is 0 Å². The van der Waals surface area contributed by atoms with Gasteiger partial charge < -0.3 is 9.90 Å². The molecular formula is C18H10Cl2NO4-. The summed E-state index contributed by atoms with van der Waals surface area (Å²) >= 11 is 11.9. The van der Waals surface area contributed by atoms with Crippen molar-refractivity contribution < 1.29 is 19.5 Å². The Morgan fingerprint density at radius 3 is 2.32 bits per heavy atom. The molecule has 0 saturated carbocycles. The smallest absolute Gasteiger partial charge is 0.261 e. The Bertz CT molecular complexity index is 936. The van der Waals surface area contributed by atoms with Crippen molar-refractivity contribution in [2.75, 3.05) is 6.54 Å². The van der Waals surface area contributed by atoms with Gasteiger partial charge in [0.1, 0.15) is 0 Å². The average molecular weight is 375 g/mol. The van der Waals surface area contributed by atoms with Crippen LogP contribution in [0.25, 0.3) is 11.6 Å². The number of carbonyl (C=O) groups is 3. The molecule has 2 aromatic carbocycles. The van der Waals surface area contributed by atoms with E-state index in [1.165, 1.54) is 12.1 Å². The molecule has 5 nitrogen and oxygen atoms in total. The molecule has 0 spiro atoms. The molecule has 0 aliphatic carbocycles. The SMILES string of the molecule is O=C([O-])CN1C(=O)/C(=C\c2ccc(Cl)c(Cl)c2)c2ccccc2C1=O. The Morgan fingerprint density at radius 2 is 1.68 bits per heavy atom. The van der Waals surface area contributed by atoms with E-state index >= 15 is 0 Å². The number of aliphatic carboxylic acids is 1. The fourth-order valence-corrected chi connectivity index (χ4v) is 2.89. The molecular weight excluding hydrogens is 365 g/mol. The largest absolute Gasteiger partial charge is 0.548 e. The second-order valence-electron chi connectivity index (χ2n) is 5.35. The molecule has 1 aliphatic heterocycles. The number of fused-ring (bicyclic) bond motifs is 1. The van der Waals surface area contributed by atoms with E-state index in [1.54, 1.807) is 36.4 Å². The molecule has 25 heavy (non-hydrogen) atoms. The van der Waals surface area contributed by atoms with Gasteiger partial charge in [-0.05, 0) is 35.4 Å². The summed E-state index contributed by atoms with van der Waals surface area (Å²) in [5.41, 5.74) is 1.46. The Labute approximate surface area is 153 Å². The Morgan fingerprint density at radius 1 is 1.00 bits per heavy atom. The van der Waals surface area contributed by atoms with Crippen LogP contribution in [-0.4, -0.2) is 29.2 Å². The van der Waals surface area contributed by atoms with Crippen LogP contribution in [0.1, 0.15) is 21.5 Å². The summed E-state index contributed by atoms with van der Waals surface area (Å²) in [5, 5.41) is 11.6. The van der Waals surface area contributed by atoms with Crippen LogP contribution in [0.3, 0.4) is 0 Å². The lowest BCUT2D eigenvalue weighted by Gasteiger charge is -2.28. The van der Waals surface area contributed by atoms with Crippen LogP contribution in [-0.2, 0) is 9.59 Å². The van der Waals surface area contributed by atoms with Crippen LogP contribution < -0.4 is 5.11 Å². The number of benzene rings is 2. The van der Waals surface area contributed by atoms with Crippen molar-refractivity contribution in [2.45, 2.75) is 0 Å². The maximum absolute atomic E-state index is 12.7. The van der Waals surface area contributed by atoms with Crippen molar-refractivity contribution >= 4 is 52.6 Å². The first-order valence-electron chi connectivity index (χ1n) is 7.20. The van der Waals surface area contributed by atoms with Gasteiger partial charge in [-0.1, -0.05) is 47.5 Å². The van der Waals surface area contributed by atoms with Crippen LogP contribution in [0.2, 0.25) is 10.0 Å². The quantitative estimate of drug-likeness (QED) is 0.609. The van der Waals surface area contributed by atoms with Crippen molar-refractivity contribution in [1.29, 1.82) is 0 Å². The molecule has 0 saturated heterocycles. The molecule has 2 aromatic rings. The normalized spacial score (nSPS) is 15.4. The Kier molecular flexibility index (Phi) is 4.61. The monoisotopic (exact) mass is 374 g/mol. The molecule has 2 amide bonds. The number of hydrogen-bond donors (Lipinski definition) is 0. The predicted octanol–water partition coefficient (Wildman–Crippen LogP) is 2.27. The summed E-state index contributed by atoms with van der Waals surface area (Å²) in [6.07, 6.45) is 1.54. The summed E-state index contributed by atoms with van der Waals surface area (Å²) in [6.45, 7) is -0.815. The zero-order valence-electron chi connectivity index (χ0n) is 12.7. The molecule has 0 fully saturated rings. The number of carbonyl (C=O) groups excluding carboxylic acids is 3. The summed E-state index contributed by atoms with van der Waals surface area (Å²) in [5.74, 6) is -2.90. The highest BCUT2D eigenvalue weighted by Crippen LogP contribution is 2.31. The lowest BCUT2D eigenvalue weighted by atomic mass is 9.92. The third-order valence-corrected chi connectivity index (χ3v) is 4.45. The number of rotatable bonds is 3. The summed E-state index contributed by atoms with van der Waals surface area (Å²) < 4.78 is 0. The van der Waals surface area contributed by atoms with Gasteiger partial charge in [-0.2, -0.15) is 0 Å². The molecule has 0 unspecified atom stereocenters. The minimum Gasteiger partial charge on any atom is -0.548 e. The summed E-state index contributed by atoms with van der Waals surface area (Å²) in [6, 6.07) is 11.3. The molecule has 3 rings (SSSR count). The predicted molar refractivity (Wildman–Crippen MR) is 91.8 cm³/mol. The molecule has 126 valence electrons. The maximum atomic E-state index is 12.7. The first-order valence-corrected chi connectivity index (χ1v) is 7.96. The highest BCUT2D eigenvalue weighted by molar-refractivity contribution is 6.42. The van der Waals surface area contributed by atoms with Gasteiger partial charge in [-0.3, -0.25) is 14.5 Å². The van der Waals surface area contributed by atoms with Gasteiger partial charge in [0, 0.05) is 11.1 Å². The number of halogens is 2. The lowest BCUT2D eigenvalue weighted by Crippen LogP contribution is -2.47. The number of nitrogens with zero attached hydrogens (tertiary/aromatic N) is 1. The molecule has 1 aliphatic rings. The van der Waals surface area contributed by atoms with Crippen molar-refractivity contribution in [3.05, 3.63) is 69.2 Å². The topological polar surface area (TPSA) is 77.5 Å². The van der Waals surface area contributed by atoms with E-state index in [9.17, 15) is 19.5 Å². The zero-order chi connectivity index (χ0) is 18.1. The average Bonchev–Trinajstić information content (AvgIpc) is 2.58. The molecule has 1 heterocycles. The fourth-order valence-electron chi connectivity index (χ4n) is 2.58. The lowest BCUT2D eigenvalue weighted by molar-refractivity contribution is -0.305. The Hall–Kier alpha value is -2.63. The number of amides is 2. The van der Waals surface area contributed by atoms with Gasteiger partial charge in [-0.15, -0.1) is 0 Å². The van der Waals surface area contributed by atoms with E-state index in [0.717, 1.165) is 0 Å². The maximum Gasteiger partial charge on any atom is 0.261 e. The van der Waals surface area contributed by atoms with Gasteiger partial charge in [0.2, 0.25) is 0 Å². The second-order valence-corrected chi connectivity index (χ2v) is 6.16. The summed E-state index contributed by atoms with van der Waals surface area (Å²) in [7, 11) is 0. The third-order valence-electron chi connectivity index (χ3n) is 3.71. The number of carboxylic acid groups (broad SMARTS) is 1. The van der Waals surface area contributed by atoms with E-state index in [2.05, 4.69) is 0 Å². The van der Waals surface area contributed by atoms with Crippen LogP contribution in [0.5, 0.6) is 0 Å². The van der Waals surface area contributed by atoms with Gasteiger partial charge in [0.05, 0.1) is 22.6 Å². The second kappa shape index (κ2) is 6.70. The van der Waals surface area contributed by atoms with E-state index < -0.39 is 24.3 Å². The minimum atomic E-state index is -1.52. The van der Waals surface area contributed by atoms with Crippen molar-refractivity contribution in [3.63, 3.8) is 0 Å². The molecule has 0 atom stereocenters. The van der Waals surface area contributed by atoms with Crippen LogP contribution >= 0.6 is 23.2 Å². The van der Waals surface area contributed by atoms with Crippen molar-refractivity contribution in [3.8, 4) is 0 Å². The van der Waals surface area contributed by atoms with Gasteiger partial charge in [0.15, 0.2) is 0 Å². The molecule has 0 aromatic heterocycles. The van der Waals surface area contributed by atoms with Crippen LogP contribution in [0.15, 0.2) is 42.5 Å². The first-order chi connectivity index (χ1) is 11.9.